The molecule has 1 aromatic rings. The predicted octanol–water partition coefficient (Wildman–Crippen LogP) is 0.921. The Morgan fingerprint density at radius 3 is 2.50 bits per heavy atom. The Morgan fingerprint density at radius 2 is 1.95 bits per heavy atom. The van der Waals surface area contributed by atoms with Gasteiger partial charge >= 0.3 is 11.9 Å². The molecule has 1 fully saturated rings. The van der Waals surface area contributed by atoms with Crippen molar-refractivity contribution in [3.63, 3.8) is 0 Å². The second-order valence-corrected chi connectivity index (χ2v) is 6.85. The van der Waals surface area contributed by atoms with Gasteiger partial charge in [-0.2, -0.15) is 4.31 Å². The van der Waals surface area contributed by atoms with E-state index < -0.39 is 28.0 Å². The van der Waals surface area contributed by atoms with Crippen molar-refractivity contribution >= 4 is 22.0 Å². The maximum Gasteiger partial charge on any atom is 0.342 e. The first-order valence-corrected chi connectivity index (χ1v) is 8.08. The summed E-state index contributed by atoms with van der Waals surface area (Å²) in [6, 6.07) is -1.13. The van der Waals surface area contributed by atoms with E-state index in [2.05, 4.69) is 4.74 Å². The van der Waals surface area contributed by atoms with E-state index in [-0.39, 0.29) is 34.9 Å². The lowest BCUT2D eigenvalue weighted by atomic mass is 10.2. The Hall–Kier alpha value is -1.87. The fourth-order valence-corrected chi connectivity index (χ4v) is 4.73. The van der Waals surface area contributed by atoms with Gasteiger partial charge in [-0.3, -0.25) is 4.79 Å². The number of aliphatic carboxylic acids is 1. The number of esters is 1. The number of sulfonamides is 1. The third-order valence-corrected chi connectivity index (χ3v) is 5.71. The number of carboxylic acids is 1. The molecule has 0 spiro atoms. The van der Waals surface area contributed by atoms with Crippen molar-refractivity contribution in [3.05, 3.63) is 17.1 Å². The third-order valence-electron chi connectivity index (χ3n) is 3.65. The third kappa shape index (κ3) is 2.50. The van der Waals surface area contributed by atoms with Crippen molar-refractivity contribution < 1.29 is 32.3 Å². The topological polar surface area (TPSA) is 114 Å². The Balaban J connectivity index is 2.60. The van der Waals surface area contributed by atoms with Crippen LogP contribution in [0.4, 0.5) is 0 Å². The smallest absolute Gasteiger partial charge is 0.342 e. The first-order valence-electron chi connectivity index (χ1n) is 6.64. The lowest BCUT2D eigenvalue weighted by Gasteiger charge is -2.21. The number of nitrogens with zero attached hydrogens (tertiary/aromatic N) is 1. The molecule has 0 aromatic carbocycles. The minimum absolute atomic E-state index is 0.0361. The highest BCUT2D eigenvalue weighted by Gasteiger charge is 2.43. The number of carbonyl (C=O) groups is 2. The molecule has 0 radical (unpaired) electrons. The van der Waals surface area contributed by atoms with E-state index in [0.29, 0.717) is 6.42 Å². The van der Waals surface area contributed by atoms with E-state index in [0.717, 1.165) is 11.4 Å². The minimum atomic E-state index is -4.17. The molecule has 0 aliphatic carbocycles. The van der Waals surface area contributed by atoms with Gasteiger partial charge in [0.15, 0.2) is 0 Å². The van der Waals surface area contributed by atoms with Gasteiger partial charge in [-0.1, -0.05) is 0 Å². The van der Waals surface area contributed by atoms with Gasteiger partial charge in [0, 0.05) is 6.54 Å². The molecule has 122 valence electrons. The molecule has 1 aliphatic heterocycles. The van der Waals surface area contributed by atoms with Crippen LogP contribution >= 0.6 is 0 Å². The maximum atomic E-state index is 12.8. The zero-order valence-electron chi connectivity index (χ0n) is 12.5. The van der Waals surface area contributed by atoms with Crippen molar-refractivity contribution in [2.24, 2.45) is 0 Å². The van der Waals surface area contributed by atoms with Crippen molar-refractivity contribution in [2.45, 2.75) is 37.6 Å². The van der Waals surface area contributed by atoms with E-state index in [1.54, 1.807) is 0 Å². The number of hydrogen-bond acceptors (Lipinski definition) is 6. The van der Waals surface area contributed by atoms with Gasteiger partial charge in [0.25, 0.3) is 0 Å². The van der Waals surface area contributed by atoms with Gasteiger partial charge < -0.3 is 14.3 Å². The molecule has 2 rings (SSSR count). The summed E-state index contributed by atoms with van der Waals surface area (Å²) in [5.41, 5.74) is -0.184. The van der Waals surface area contributed by atoms with Crippen LogP contribution in [0.1, 0.15) is 34.7 Å². The molecule has 0 saturated carbocycles. The quantitative estimate of drug-likeness (QED) is 0.816. The van der Waals surface area contributed by atoms with E-state index in [1.807, 2.05) is 0 Å². The normalized spacial score (nSPS) is 19.3. The Labute approximate surface area is 127 Å². The molecule has 1 N–H and O–H groups in total. The largest absolute Gasteiger partial charge is 0.480 e. The molecule has 2 heterocycles. The summed E-state index contributed by atoms with van der Waals surface area (Å²) >= 11 is 0. The molecule has 1 aliphatic rings. The van der Waals surface area contributed by atoms with Gasteiger partial charge in [-0.05, 0) is 26.7 Å². The average molecular weight is 331 g/mol. The highest BCUT2D eigenvalue weighted by Crippen LogP contribution is 2.33. The lowest BCUT2D eigenvalue weighted by molar-refractivity contribution is -0.140. The van der Waals surface area contributed by atoms with Crippen molar-refractivity contribution in [3.8, 4) is 0 Å². The fraction of sp³-hybridized carbons (Fsp3) is 0.538. The van der Waals surface area contributed by atoms with Gasteiger partial charge in [0.2, 0.25) is 10.0 Å². The zero-order chi connectivity index (χ0) is 16.7. The van der Waals surface area contributed by atoms with E-state index >= 15 is 0 Å². The Morgan fingerprint density at radius 1 is 1.32 bits per heavy atom. The van der Waals surface area contributed by atoms with E-state index in [9.17, 15) is 23.1 Å². The number of aryl methyl sites for hydroxylation is 2. The summed E-state index contributed by atoms with van der Waals surface area (Å²) in [5, 5.41) is 9.17. The predicted molar refractivity (Wildman–Crippen MR) is 74.1 cm³/mol. The van der Waals surface area contributed by atoms with Crippen LogP contribution < -0.4 is 0 Å². The van der Waals surface area contributed by atoms with Crippen LogP contribution in [-0.4, -0.2) is 49.5 Å². The van der Waals surface area contributed by atoms with Crippen LogP contribution in [0.25, 0.3) is 0 Å². The molecule has 0 bridgehead atoms. The molecule has 8 nitrogen and oxygen atoms in total. The van der Waals surface area contributed by atoms with Crippen LogP contribution in [0.3, 0.4) is 0 Å². The molecule has 22 heavy (non-hydrogen) atoms. The Bertz CT molecular complexity index is 719. The number of ether oxygens (including phenoxy) is 1. The second-order valence-electron chi connectivity index (χ2n) is 5.02. The molecule has 9 heteroatoms. The zero-order valence-corrected chi connectivity index (χ0v) is 13.3. The minimum Gasteiger partial charge on any atom is -0.480 e. The van der Waals surface area contributed by atoms with Gasteiger partial charge in [0.05, 0.1) is 7.11 Å². The lowest BCUT2D eigenvalue weighted by Crippen LogP contribution is -2.40. The first kappa shape index (κ1) is 16.5. The Kier molecular flexibility index (Phi) is 4.30. The number of rotatable bonds is 4. The van der Waals surface area contributed by atoms with Crippen LogP contribution in [-0.2, 0) is 19.6 Å². The first-order chi connectivity index (χ1) is 10.2. The molecule has 1 atom stereocenters. The number of hydrogen-bond donors (Lipinski definition) is 1. The number of methoxy groups -OCH3 is 1. The van der Waals surface area contributed by atoms with Crippen LogP contribution in [0.2, 0.25) is 0 Å². The fourth-order valence-electron chi connectivity index (χ4n) is 2.70. The van der Waals surface area contributed by atoms with Crippen molar-refractivity contribution in [1.29, 1.82) is 0 Å². The number of carbonyl (C=O) groups excluding carboxylic acids is 1. The average Bonchev–Trinajstić information content (AvgIpc) is 3.02. The van der Waals surface area contributed by atoms with Gasteiger partial charge in [0.1, 0.15) is 28.0 Å². The van der Waals surface area contributed by atoms with Gasteiger partial charge in [-0.25, -0.2) is 13.2 Å². The highest BCUT2D eigenvalue weighted by molar-refractivity contribution is 7.89. The molecular formula is C13H17NO7S. The molecule has 1 saturated heterocycles. The molecule has 0 unspecified atom stereocenters. The molecule has 1 aromatic heterocycles. The summed E-state index contributed by atoms with van der Waals surface area (Å²) in [5.74, 6) is -1.89. The maximum absolute atomic E-state index is 12.8. The standard InChI is InChI=1S/C13H17NO7S/c1-7-10(13(17)20-3)11(8(2)21-7)22(18,19)14-6-4-5-9(14)12(15)16/h9H,4-6H2,1-3H3,(H,15,16)/t9-/m0/s1. The summed E-state index contributed by atoms with van der Waals surface area (Å²) in [6.07, 6.45) is 0.678. The molecular weight excluding hydrogens is 314 g/mol. The highest BCUT2D eigenvalue weighted by atomic mass is 32.2. The number of carboxylic acid groups (broad SMARTS) is 1. The van der Waals surface area contributed by atoms with Crippen LogP contribution in [0.5, 0.6) is 0 Å². The summed E-state index contributed by atoms with van der Waals surface area (Å²) in [4.78, 5) is 22.8. The van der Waals surface area contributed by atoms with Crippen molar-refractivity contribution in [1.82, 2.24) is 4.31 Å². The molecule has 0 amide bonds. The van der Waals surface area contributed by atoms with Crippen LogP contribution in [0.15, 0.2) is 9.31 Å². The second kappa shape index (κ2) is 5.73. The SMILES string of the molecule is COC(=O)c1c(C)oc(C)c1S(=O)(=O)N1CCC[C@H]1C(=O)O. The van der Waals surface area contributed by atoms with Crippen molar-refractivity contribution in [2.75, 3.05) is 13.7 Å². The number of furan rings is 1. The monoisotopic (exact) mass is 331 g/mol. The van der Waals surface area contributed by atoms with Gasteiger partial charge in [-0.15, -0.1) is 0 Å². The summed E-state index contributed by atoms with van der Waals surface area (Å²) in [6.45, 7) is 2.96. The van der Waals surface area contributed by atoms with E-state index in [4.69, 9.17) is 4.42 Å². The summed E-state index contributed by atoms with van der Waals surface area (Å²) < 4.78 is 36.4. The van der Waals surface area contributed by atoms with Crippen LogP contribution in [0, 0.1) is 13.8 Å². The van der Waals surface area contributed by atoms with E-state index in [1.165, 1.54) is 13.8 Å². The summed E-state index contributed by atoms with van der Waals surface area (Å²) in [7, 11) is -3.04.